The predicted molar refractivity (Wildman–Crippen MR) is 96.6 cm³/mol. The Morgan fingerprint density at radius 1 is 1.19 bits per heavy atom. The molecule has 0 aliphatic rings. The monoisotopic (exact) mass is 377 g/mol. The van der Waals surface area contributed by atoms with E-state index in [-0.39, 0.29) is 12.1 Å². The number of methoxy groups -OCH3 is 1. The summed E-state index contributed by atoms with van der Waals surface area (Å²) in [5, 5.41) is 0.460. The molecule has 1 heterocycles. The third kappa shape index (κ3) is 4.14. The number of aryl methyl sites for hydroxylation is 1. The molecule has 26 heavy (non-hydrogen) atoms. The number of ketones is 1. The molecule has 0 bridgehead atoms. The summed E-state index contributed by atoms with van der Waals surface area (Å²) in [6, 6.07) is 6.93. The molecule has 1 atom stereocenters. The second-order valence-electron chi connectivity index (χ2n) is 5.88. The Bertz CT molecular complexity index is 856. The van der Waals surface area contributed by atoms with Gasteiger partial charge in [-0.05, 0) is 38.0 Å². The standard InChI is InChI=1S/C19H20ClNO5/c1-10-16(19(24)25-4)11(2)21-17(10)18(23)12(3)26-15(22)9-13-7-5-6-8-14(13)20/h5-8,12,21H,9H2,1-4H3. The van der Waals surface area contributed by atoms with Gasteiger partial charge >= 0.3 is 11.9 Å². The molecule has 0 spiro atoms. The van der Waals surface area contributed by atoms with Crippen LogP contribution in [0.2, 0.25) is 5.02 Å². The van der Waals surface area contributed by atoms with Crippen LogP contribution in [0, 0.1) is 13.8 Å². The first-order chi connectivity index (χ1) is 12.3. The Morgan fingerprint density at radius 2 is 1.85 bits per heavy atom. The minimum atomic E-state index is -1.01. The second kappa shape index (κ2) is 8.19. The average Bonchev–Trinajstić information content (AvgIpc) is 2.90. The summed E-state index contributed by atoms with van der Waals surface area (Å²) in [6.45, 7) is 4.80. The molecular weight excluding hydrogens is 358 g/mol. The fraction of sp³-hybridized carbons (Fsp3) is 0.316. The van der Waals surface area contributed by atoms with E-state index in [1.165, 1.54) is 14.0 Å². The Balaban J connectivity index is 2.11. The molecule has 2 aromatic rings. The van der Waals surface area contributed by atoms with Crippen molar-refractivity contribution in [2.75, 3.05) is 7.11 Å². The van der Waals surface area contributed by atoms with Crippen LogP contribution < -0.4 is 0 Å². The van der Waals surface area contributed by atoms with Crippen molar-refractivity contribution in [2.24, 2.45) is 0 Å². The lowest BCUT2D eigenvalue weighted by atomic mass is 10.1. The van der Waals surface area contributed by atoms with Crippen LogP contribution in [0.3, 0.4) is 0 Å². The molecule has 0 aliphatic heterocycles. The number of benzene rings is 1. The van der Waals surface area contributed by atoms with Gasteiger partial charge in [0.05, 0.1) is 24.8 Å². The van der Waals surface area contributed by atoms with Gasteiger partial charge in [0.2, 0.25) is 5.78 Å². The minimum Gasteiger partial charge on any atom is -0.465 e. The molecule has 0 radical (unpaired) electrons. The highest BCUT2D eigenvalue weighted by Crippen LogP contribution is 2.21. The predicted octanol–water partition coefficient (Wildman–Crippen LogP) is 3.43. The number of aromatic amines is 1. The Kier molecular flexibility index (Phi) is 6.21. The number of esters is 2. The topological polar surface area (TPSA) is 85.5 Å². The van der Waals surface area contributed by atoms with Crippen LogP contribution in [0.25, 0.3) is 0 Å². The smallest absolute Gasteiger partial charge is 0.339 e. The molecule has 7 heteroatoms. The van der Waals surface area contributed by atoms with Crippen molar-refractivity contribution >= 4 is 29.3 Å². The summed E-state index contributed by atoms with van der Waals surface area (Å²) in [5.41, 5.74) is 2.14. The molecule has 1 unspecified atom stereocenters. The lowest BCUT2D eigenvalue weighted by Gasteiger charge is -2.12. The van der Waals surface area contributed by atoms with Gasteiger partial charge in [-0.15, -0.1) is 0 Å². The number of hydrogen-bond acceptors (Lipinski definition) is 5. The number of H-pyrrole nitrogens is 1. The van der Waals surface area contributed by atoms with Crippen molar-refractivity contribution in [3.05, 3.63) is 57.4 Å². The van der Waals surface area contributed by atoms with E-state index >= 15 is 0 Å². The molecule has 0 aliphatic carbocycles. The highest BCUT2D eigenvalue weighted by Gasteiger charge is 2.27. The lowest BCUT2D eigenvalue weighted by Crippen LogP contribution is -2.26. The fourth-order valence-electron chi connectivity index (χ4n) is 2.70. The maximum atomic E-state index is 12.6. The molecule has 138 valence electrons. The van der Waals surface area contributed by atoms with Crippen LogP contribution in [0.15, 0.2) is 24.3 Å². The number of hydrogen-bond donors (Lipinski definition) is 1. The zero-order valence-corrected chi connectivity index (χ0v) is 15.8. The largest absolute Gasteiger partial charge is 0.465 e. The number of halogens is 1. The molecule has 1 aromatic heterocycles. The summed E-state index contributed by atoms with van der Waals surface area (Å²) in [7, 11) is 1.27. The molecule has 0 fully saturated rings. The SMILES string of the molecule is COC(=O)c1c(C)[nH]c(C(=O)C(C)OC(=O)Cc2ccccc2Cl)c1C. The average molecular weight is 378 g/mol. The van der Waals surface area contributed by atoms with E-state index in [0.29, 0.717) is 27.4 Å². The number of aromatic nitrogens is 1. The first-order valence-electron chi connectivity index (χ1n) is 8.00. The van der Waals surface area contributed by atoms with E-state index in [1.807, 2.05) is 0 Å². The second-order valence-corrected chi connectivity index (χ2v) is 6.29. The zero-order valence-electron chi connectivity index (χ0n) is 15.0. The Hall–Kier alpha value is -2.60. The van der Waals surface area contributed by atoms with Crippen LogP contribution in [0.1, 0.15) is 44.6 Å². The van der Waals surface area contributed by atoms with Crippen molar-refractivity contribution in [3.63, 3.8) is 0 Å². The quantitative estimate of drug-likeness (QED) is 0.615. The van der Waals surface area contributed by atoms with Crippen molar-refractivity contribution in [3.8, 4) is 0 Å². The number of carbonyl (C=O) groups excluding carboxylic acids is 3. The van der Waals surface area contributed by atoms with E-state index in [1.54, 1.807) is 38.1 Å². The molecule has 6 nitrogen and oxygen atoms in total. The van der Waals surface area contributed by atoms with Crippen LogP contribution in [0.5, 0.6) is 0 Å². The van der Waals surface area contributed by atoms with E-state index in [0.717, 1.165) is 0 Å². The number of Topliss-reactive ketones (excluding diaryl/α,β-unsaturated/α-hetero) is 1. The number of ether oxygens (including phenoxy) is 2. The summed E-state index contributed by atoms with van der Waals surface area (Å²) < 4.78 is 9.96. The van der Waals surface area contributed by atoms with Gasteiger partial charge in [0, 0.05) is 10.7 Å². The molecular formula is C19H20ClNO5. The van der Waals surface area contributed by atoms with Gasteiger partial charge < -0.3 is 14.5 Å². The summed E-state index contributed by atoms with van der Waals surface area (Å²) in [4.78, 5) is 39.4. The van der Waals surface area contributed by atoms with Crippen LogP contribution in [0.4, 0.5) is 0 Å². The van der Waals surface area contributed by atoms with Gasteiger partial charge in [-0.1, -0.05) is 29.8 Å². The molecule has 0 saturated heterocycles. The van der Waals surface area contributed by atoms with E-state index in [9.17, 15) is 14.4 Å². The highest BCUT2D eigenvalue weighted by atomic mass is 35.5. The van der Waals surface area contributed by atoms with Gasteiger partial charge in [-0.25, -0.2) is 4.79 Å². The van der Waals surface area contributed by atoms with Crippen LogP contribution in [-0.2, 0) is 20.7 Å². The Morgan fingerprint density at radius 3 is 2.46 bits per heavy atom. The third-order valence-corrected chi connectivity index (χ3v) is 4.41. The molecule has 1 aromatic carbocycles. The normalized spacial score (nSPS) is 11.7. The molecule has 0 saturated carbocycles. The van der Waals surface area contributed by atoms with Crippen molar-refractivity contribution in [1.82, 2.24) is 4.98 Å². The van der Waals surface area contributed by atoms with Crippen molar-refractivity contribution < 1.29 is 23.9 Å². The molecule has 1 N–H and O–H groups in total. The number of rotatable bonds is 6. The summed E-state index contributed by atoms with van der Waals surface area (Å²) in [6.07, 6.45) is -1.04. The zero-order chi connectivity index (χ0) is 19.4. The lowest BCUT2D eigenvalue weighted by molar-refractivity contribution is -0.145. The van der Waals surface area contributed by atoms with Gasteiger partial charge in [0.15, 0.2) is 6.10 Å². The van der Waals surface area contributed by atoms with Gasteiger partial charge in [-0.3, -0.25) is 9.59 Å². The number of nitrogens with one attached hydrogen (secondary N) is 1. The first kappa shape index (κ1) is 19.7. The van der Waals surface area contributed by atoms with Gasteiger partial charge in [-0.2, -0.15) is 0 Å². The Labute approximate surface area is 156 Å². The fourth-order valence-corrected chi connectivity index (χ4v) is 2.90. The van der Waals surface area contributed by atoms with Crippen LogP contribution >= 0.6 is 11.6 Å². The van der Waals surface area contributed by atoms with Crippen molar-refractivity contribution in [1.29, 1.82) is 0 Å². The summed E-state index contributed by atoms with van der Waals surface area (Å²) in [5.74, 6) is -1.51. The maximum absolute atomic E-state index is 12.6. The number of carbonyl (C=O) groups is 3. The maximum Gasteiger partial charge on any atom is 0.339 e. The van der Waals surface area contributed by atoms with E-state index < -0.39 is 23.8 Å². The van der Waals surface area contributed by atoms with Gasteiger partial charge in [0.25, 0.3) is 0 Å². The van der Waals surface area contributed by atoms with Gasteiger partial charge in [0.1, 0.15) is 0 Å². The molecule has 0 amide bonds. The first-order valence-corrected chi connectivity index (χ1v) is 8.38. The van der Waals surface area contributed by atoms with Crippen LogP contribution in [-0.4, -0.2) is 35.9 Å². The minimum absolute atomic E-state index is 0.0343. The van der Waals surface area contributed by atoms with E-state index in [2.05, 4.69) is 4.98 Å². The van der Waals surface area contributed by atoms with Crippen molar-refractivity contribution in [2.45, 2.75) is 33.3 Å². The van der Waals surface area contributed by atoms with E-state index in [4.69, 9.17) is 21.1 Å². The molecule has 2 rings (SSSR count). The highest BCUT2D eigenvalue weighted by molar-refractivity contribution is 6.31. The third-order valence-electron chi connectivity index (χ3n) is 4.04. The summed E-state index contributed by atoms with van der Waals surface area (Å²) >= 11 is 6.02.